The summed E-state index contributed by atoms with van der Waals surface area (Å²) in [6.45, 7) is 0. The van der Waals surface area contributed by atoms with Crippen molar-refractivity contribution in [3.05, 3.63) is 106 Å². The second-order valence-electron chi connectivity index (χ2n) is 7.87. The van der Waals surface area contributed by atoms with Crippen molar-refractivity contribution < 1.29 is 14.3 Å². The lowest BCUT2D eigenvalue weighted by molar-refractivity contribution is -0.120. The Balaban J connectivity index is 1.61. The van der Waals surface area contributed by atoms with Gasteiger partial charge in [-0.15, -0.1) is 11.3 Å². The number of nitrogens with zero attached hydrogens (tertiary/aromatic N) is 2. The van der Waals surface area contributed by atoms with E-state index in [1.165, 1.54) is 21.1 Å². The van der Waals surface area contributed by atoms with Crippen molar-refractivity contribution in [3.63, 3.8) is 0 Å². The fourth-order valence-electron chi connectivity index (χ4n) is 3.85. The largest absolute Gasteiger partial charge is 0.497 e. The van der Waals surface area contributed by atoms with Gasteiger partial charge in [0.2, 0.25) is 0 Å². The molecule has 0 spiro atoms. The smallest absolute Gasteiger partial charge is 0.270 e. The summed E-state index contributed by atoms with van der Waals surface area (Å²) in [5.41, 5.74) is 2.08. The van der Waals surface area contributed by atoms with Crippen molar-refractivity contribution in [1.82, 2.24) is 0 Å². The summed E-state index contributed by atoms with van der Waals surface area (Å²) in [4.78, 5) is 31.9. The number of anilines is 2. The van der Waals surface area contributed by atoms with Gasteiger partial charge in [0.25, 0.3) is 11.8 Å². The van der Waals surface area contributed by atoms with Gasteiger partial charge in [-0.25, -0.2) is 0 Å². The Labute approximate surface area is 222 Å². The van der Waals surface area contributed by atoms with Gasteiger partial charge in [-0.2, -0.15) is 0 Å². The average Bonchev–Trinajstić information content (AvgIpc) is 3.37. The number of amides is 2. The molecule has 4 aromatic rings. The number of thiophene rings is 1. The lowest BCUT2D eigenvalue weighted by Gasteiger charge is -2.36. The molecule has 2 amide bonds. The van der Waals surface area contributed by atoms with E-state index in [1.54, 1.807) is 61.7 Å². The first kappa shape index (κ1) is 23.9. The van der Waals surface area contributed by atoms with Crippen molar-refractivity contribution in [1.29, 1.82) is 0 Å². The van der Waals surface area contributed by atoms with Gasteiger partial charge in [-0.05, 0) is 72.4 Å². The maximum atomic E-state index is 13.7. The Morgan fingerprint density at radius 2 is 1.53 bits per heavy atom. The van der Waals surface area contributed by atoms with Crippen LogP contribution in [0.25, 0.3) is 16.5 Å². The summed E-state index contributed by atoms with van der Waals surface area (Å²) in [5.74, 6) is -0.436. The van der Waals surface area contributed by atoms with Crippen molar-refractivity contribution in [2.75, 3.05) is 16.9 Å². The summed E-state index contributed by atoms with van der Waals surface area (Å²) >= 11 is 13.2. The second-order valence-corrected chi connectivity index (χ2v) is 9.78. The first-order valence-corrected chi connectivity index (χ1v) is 12.6. The number of methoxy groups -OCH3 is 1. The number of carbonyl (C=O) groups excluding carboxylic acids is 2. The van der Waals surface area contributed by atoms with E-state index >= 15 is 0 Å². The van der Waals surface area contributed by atoms with E-state index in [0.717, 1.165) is 15.3 Å². The van der Waals surface area contributed by atoms with Crippen LogP contribution in [0.4, 0.5) is 11.4 Å². The van der Waals surface area contributed by atoms with Crippen LogP contribution in [0.1, 0.15) is 4.88 Å². The molecule has 0 radical (unpaired) electrons. The van der Waals surface area contributed by atoms with Crippen molar-refractivity contribution >= 4 is 69.5 Å². The fourth-order valence-corrected chi connectivity index (χ4v) is 5.31. The molecule has 1 fully saturated rings. The molecule has 0 bridgehead atoms. The molecule has 2 heterocycles. The molecule has 0 saturated carbocycles. The topological polar surface area (TPSA) is 49.9 Å². The van der Waals surface area contributed by atoms with E-state index in [0.29, 0.717) is 22.1 Å². The monoisotopic (exact) mass is 530 g/mol. The molecule has 1 saturated heterocycles. The number of benzene rings is 3. The number of rotatable bonds is 5. The van der Waals surface area contributed by atoms with Gasteiger partial charge in [-0.1, -0.05) is 48.0 Å². The predicted molar refractivity (Wildman–Crippen MR) is 150 cm³/mol. The predicted octanol–water partition coefficient (Wildman–Crippen LogP) is 6.83. The van der Waals surface area contributed by atoms with Crippen molar-refractivity contribution in [2.45, 2.75) is 0 Å². The second kappa shape index (κ2) is 10.1. The maximum Gasteiger partial charge on any atom is 0.270 e. The highest BCUT2D eigenvalue weighted by Gasteiger charge is 2.41. The molecule has 0 atom stereocenters. The molecule has 1 aliphatic heterocycles. The Morgan fingerprint density at radius 1 is 0.833 bits per heavy atom. The molecule has 1 aliphatic rings. The molecular formula is C28H19ClN2O3S2. The van der Waals surface area contributed by atoms with Crippen molar-refractivity contribution in [3.8, 4) is 16.2 Å². The molecule has 5 nitrogen and oxygen atoms in total. The SMILES string of the molecule is COc1cccc(N2C(=O)/C(=C/c3ccc(-c4ccccc4)s3)C(=O)N(c3ccc(Cl)cc3)C2=S)c1. The number of ether oxygens (including phenoxy) is 1. The summed E-state index contributed by atoms with van der Waals surface area (Å²) < 4.78 is 5.34. The molecule has 5 rings (SSSR count). The van der Waals surface area contributed by atoms with Crippen LogP contribution in [-0.2, 0) is 9.59 Å². The number of halogens is 1. The summed E-state index contributed by atoms with van der Waals surface area (Å²) in [7, 11) is 1.55. The van der Waals surface area contributed by atoms with Crippen LogP contribution >= 0.6 is 35.2 Å². The quantitative estimate of drug-likeness (QED) is 0.161. The van der Waals surface area contributed by atoms with Crippen molar-refractivity contribution in [2.24, 2.45) is 0 Å². The first-order valence-electron chi connectivity index (χ1n) is 11.0. The van der Waals surface area contributed by atoms with E-state index in [-0.39, 0.29) is 10.7 Å². The Bertz CT molecular complexity index is 1500. The minimum atomic E-state index is -0.502. The first-order chi connectivity index (χ1) is 17.5. The van der Waals surface area contributed by atoms with Gasteiger partial charge >= 0.3 is 0 Å². The number of hydrogen-bond donors (Lipinski definition) is 0. The molecular weight excluding hydrogens is 512 g/mol. The third kappa shape index (κ3) is 4.56. The summed E-state index contributed by atoms with van der Waals surface area (Å²) in [5, 5.41) is 0.575. The van der Waals surface area contributed by atoms with Crippen LogP contribution in [0.5, 0.6) is 5.75 Å². The zero-order valence-electron chi connectivity index (χ0n) is 19.1. The average molecular weight is 531 g/mol. The lowest BCUT2D eigenvalue weighted by Crippen LogP contribution is -2.56. The van der Waals surface area contributed by atoms with Gasteiger partial charge in [-0.3, -0.25) is 19.4 Å². The molecule has 8 heteroatoms. The molecule has 178 valence electrons. The van der Waals surface area contributed by atoms with Gasteiger partial charge in [0, 0.05) is 20.8 Å². The highest BCUT2D eigenvalue weighted by molar-refractivity contribution is 7.81. The number of hydrogen-bond acceptors (Lipinski definition) is 5. The Kier molecular flexibility index (Phi) is 6.69. The molecule has 1 aromatic heterocycles. The van der Waals surface area contributed by atoms with E-state index < -0.39 is 11.8 Å². The molecule has 0 unspecified atom stereocenters. The van der Waals surface area contributed by atoms with E-state index in [9.17, 15) is 9.59 Å². The van der Waals surface area contributed by atoms with Gasteiger partial charge in [0.05, 0.1) is 18.5 Å². The molecule has 0 N–H and O–H groups in total. The number of carbonyl (C=O) groups is 2. The summed E-state index contributed by atoms with van der Waals surface area (Å²) in [6.07, 6.45) is 1.62. The molecule has 0 aliphatic carbocycles. The third-order valence-corrected chi connectivity index (χ3v) is 7.32. The van der Waals surface area contributed by atoms with Crippen LogP contribution < -0.4 is 14.5 Å². The van der Waals surface area contributed by atoms with E-state index in [2.05, 4.69) is 0 Å². The van der Waals surface area contributed by atoms with Gasteiger partial charge in [0.15, 0.2) is 5.11 Å². The Hall–Kier alpha value is -3.78. The standard InChI is InChI=1S/C28H19ClN2O3S2/c1-34-22-9-5-8-21(16-22)31-27(33)24(17-23-14-15-25(36-23)18-6-3-2-4-7-18)26(32)30(28(31)35)20-12-10-19(29)11-13-20/h2-17H,1H3/b24-17+. The van der Waals surface area contributed by atoms with E-state index in [4.69, 9.17) is 28.6 Å². The maximum absolute atomic E-state index is 13.7. The zero-order chi connectivity index (χ0) is 25.2. The van der Waals surface area contributed by atoms with Crippen LogP contribution in [0.15, 0.2) is 96.6 Å². The van der Waals surface area contributed by atoms with Crippen LogP contribution in [-0.4, -0.2) is 24.0 Å². The number of thiocarbonyl (C=S) groups is 1. The molecule has 3 aromatic carbocycles. The third-order valence-electron chi connectivity index (χ3n) is 5.62. The van der Waals surface area contributed by atoms with E-state index in [1.807, 2.05) is 42.5 Å². The highest BCUT2D eigenvalue weighted by atomic mass is 35.5. The Morgan fingerprint density at radius 3 is 2.22 bits per heavy atom. The minimum absolute atomic E-state index is 0.00262. The lowest BCUT2D eigenvalue weighted by atomic mass is 10.1. The summed E-state index contributed by atoms with van der Waals surface area (Å²) in [6, 6.07) is 27.6. The fraction of sp³-hybridized carbons (Fsp3) is 0.0357. The van der Waals surface area contributed by atoms with Crippen LogP contribution in [0.3, 0.4) is 0 Å². The van der Waals surface area contributed by atoms with Crippen LogP contribution in [0.2, 0.25) is 5.02 Å². The van der Waals surface area contributed by atoms with Gasteiger partial charge in [0.1, 0.15) is 11.3 Å². The normalized spacial score (nSPS) is 15.1. The van der Waals surface area contributed by atoms with Crippen LogP contribution in [0, 0.1) is 0 Å². The van der Waals surface area contributed by atoms with Gasteiger partial charge < -0.3 is 4.74 Å². The zero-order valence-corrected chi connectivity index (χ0v) is 21.4. The highest BCUT2D eigenvalue weighted by Crippen LogP contribution is 2.34. The molecule has 36 heavy (non-hydrogen) atoms. The minimum Gasteiger partial charge on any atom is -0.497 e.